The van der Waals surface area contributed by atoms with Crippen molar-refractivity contribution in [2.24, 2.45) is 5.73 Å². The fourth-order valence-corrected chi connectivity index (χ4v) is 3.22. The molecule has 0 bridgehead atoms. The van der Waals surface area contributed by atoms with Gasteiger partial charge in [0.15, 0.2) is 0 Å². The summed E-state index contributed by atoms with van der Waals surface area (Å²) in [6.07, 6.45) is -3.44. The highest BCUT2D eigenvalue weighted by Gasteiger charge is 2.38. The monoisotopic (exact) mass is 432 g/mol. The van der Waals surface area contributed by atoms with Gasteiger partial charge in [-0.25, -0.2) is 0 Å². The van der Waals surface area contributed by atoms with Gasteiger partial charge in [0.05, 0.1) is 17.6 Å². The van der Waals surface area contributed by atoms with E-state index in [0.717, 1.165) is 12.1 Å². The molecule has 1 aliphatic heterocycles. The molecule has 1 fully saturated rings. The highest BCUT2D eigenvalue weighted by molar-refractivity contribution is 5.86. The molecule has 0 atom stereocenters. The first-order valence-corrected chi connectivity index (χ1v) is 9.15. The Morgan fingerprint density at radius 2 is 1.76 bits per heavy atom. The lowest BCUT2D eigenvalue weighted by Crippen LogP contribution is -2.57. The van der Waals surface area contributed by atoms with E-state index in [1.54, 1.807) is 17.0 Å². The number of furan rings is 1. The number of halogens is 4. The summed E-state index contributed by atoms with van der Waals surface area (Å²) in [7, 11) is 0. The van der Waals surface area contributed by atoms with E-state index in [9.17, 15) is 18.0 Å². The summed E-state index contributed by atoms with van der Waals surface area (Å²) in [4.78, 5) is 14.5. The summed E-state index contributed by atoms with van der Waals surface area (Å²) in [6, 6.07) is 8.17. The maximum absolute atomic E-state index is 12.9. The summed E-state index contributed by atoms with van der Waals surface area (Å²) in [5, 5.41) is 0. The molecule has 160 valence electrons. The molecule has 0 aliphatic carbocycles. The van der Waals surface area contributed by atoms with Gasteiger partial charge in [-0.05, 0) is 44.0 Å². The number of nitrogens with two attached hydrogens (primary N) is 1. The minimum atomic E-state index is -4.38. The zero-order chi connectivity index (χ0) is 20.4. The predicted molar refractivity (Wildman–Crippen MR) is 104 cm³/mol. The first-order valence-electron chi connectivity index (χ1n) is 9.15. The van der Waals surface area contributed by atoms with E-state index >= 15 is 0 Å². The van der Waals surface area contributed by atoms with Crippen molar-refractivity contribution in [3.8, 4) is 11.3 Å². The zero-order valence-electron chi connectivity index (χ0n) is 16.0. The van der Waals surface area contributed by atoms with E-state index in [0.29, 0.717) is 49.7 Å². The van der Waals surface area contributed by atoms with Crippen LogP contribution in [0.25, 0.3) is 11.3 Å². The average molecular weight is 433 g/mol. The zero-order valence-corrected chi connectivity index (χ0v) is 16.8. The van der Waals surface area contributed by atoms with Crippen LogP contribution in [0, 0.1) is 0 Å². The smallest absolute Gasteiger partial charge is 0.416 e. The van der Waals surface area contributed by atoms with Crippen LogP contribution in [0.3, 0.4) is 0 Å². The third-order valence-corrected chi connectivity index (χ3v) is 4.98. The standard InChI is InChI=1S/C20H23F3N2O3.ClH/c1-2-25(18(26)19(24)9-11-27-12-10-19)13-16-7-8-17(28-16)14-3-5-15(6-4-14)20(21,22)23;/h3-8H,2,9-13,24H2,1H3;1H. The number of amides is 1. The number of carbonyl (C=O) groups excluding carboxylic acids is 1. The normalized spacial score (nSPS) is 16.2. The topological polar surface area (TPSA) is 68.7 Å². The van der Waals surface area contributed by atoms with Crippen LogP contribution >= 0.6 is 12.4 Å². The number of hydrogen-bond acceptors (Lipinski definition) is 4. The Labute approximate surface area is 173 Å². The molecule has 1 aromatic heterocycles. The van der Waals surface area contributed by atoms with Gasteiger partial charge in [0.2, 0.25) is 5.91 Å². The average Bonchev–Trinajstić information content (AvgIpc) is 3.14. The van der Waals surface area contributed by atoms with Gasteiger partial charge < -0.3 is 19.8 Å². The van der Waals surface area contributed by atoms with E-state index in [2.05, 4.69) is 0 Å². The van der Waals surface area contributed by atoms with Gasteiger partial charge in [0.25, 0.3) is 0 Å². The van der Waals surface area contributed by atoms with Crippen molar-refractivity contribution in [1.29, 1.82) is 0 Å². The minimum Gasteiger partial charge on any atom is -0.459 e. The lowest BCUT2D eigenvalue weighted by atomic mass is 9.89. The molecule has 1 aromatic carbocycles. The molecule has 1 saturated heterocycles. The number of benzene rings is 1. The van der Waals surface area contributed by atoms with Gasteiger partial charge in [0.1, 0.15) is 11.5 Å². The predicted octanol–water partition coefficient (Wildman–Crippen LogP) is 4.24. The molecule has 0 saturated carbocycles. The van der Waals surface area contributed by atoms with Gasteiger partial charge >= 0.3 is 6.18 Å². The van der Waals surface area contributed by atoms with Crippen molar-refractivity contribution >= 4 is 18.3 Å². The van der Waals surface area contributed by atoms with Crippen LogP contribution in [0.5, 0.6) is 0 Å². The summed E-state index contributed by atoms with van der Waals surface area (Å²) in [5.74, 6) is 0.840. The molecule has 0 spiro atoms. The van der Waals surface area contributed by atoms with Crippen molar-refractivity contribution in [2.75, 3.05) is 19.8 Å². The number of ether oxygens (including phenoxy) is 1. The molecule has 29 heavy (non-hydrogen) atoms. The summed E-state index contributed by atoms with van der Waals surface area (Å²) < 4.78 is 49.1. The van der Waals surface area contributed by atoms with Crippen LogP contribution in [-0.2, 0) is 22.3 Å². The van der Waals surface area contributed by atoms with E-state index < -0.39 is 17.3 Å². The molecule has 2 heterocycles. The third kappa shape index (κ3) is 5.32. The molecule has 2 N–H and O–H groups in total. The lowest BCUT2D eigenvalue weighted by molar-refractivity contribution is -0.141. The number of nitrogens with zero attached hydrogens (tertiary/aromatic N) is 1. The second-order valence-electron chi connectivity index (χ2n) is 6.93. The van der Waals surface area contributed by atoms with Crippen LogP contribution in [0.15, 0.2) is 40.8 Å². The molecular weight excluding hydrogens is 409 g/mol. The number of likely N-dealkylation sites (N-methyl/N-ethyl adjacent to an activating group) is 1. The van der Waals surface area contributed by atoms with Crippen molar-refractivity contribution in [2.45, 2.75) is 38.0 Å². The number of hydrogen-bond donors (Lipinski definition) is 1. The van der Waals surface area contributed by atoms with Crippen LogP contribution in [0.4, 0.5) is 13.2 Å². The van der Waals surface area contributed by atoms with Gasteiger partial charge in [-0.2, -0.15) is 13.2 Å². The van der Waals surface area contributed by atoms with Crippen molar-refractivity contribution in [3.63, 3.8) is 0 Å². The van der Waals surface area contributed by atoms with E-state index in [4.69, 9.17) is 14.9 Å². The van der Waals surface area contributed by atoms with E-state index in [-0.39, 0.29) is 24.9 Å². The Kier molecular flexibility index (Phi) is 7.37. The Morgan fingerprint density at radius 1 is 1.14 bits per heavy atom. The summed E-state index contributed by atoms with van der Waals surface area (Å²) in [5.41, 5.74) is 5.17. The van der Waals surface area contributed by atoms with Crippen LogP contribution in [0.2, 0.25) is 0 Å². The Hall–Kier alpha value is -2.03. The maximum atomic E-state index is 12.9. The molecule has 1 aliphatic rings. The second-order valence-corrected chi connectivity index (χ2v) is 6.93. The molecule has 0 unspecified atom stereocenters. The molecule has 5 nitrogen and oxygen atoms in total. The molecule has 9 heteroatoms. The summed E-state index contributed by atoms with van der Waals surface area (Å²) in [6.45, 7) is 3.49. The van der Waals surface area contributed by atoms with Gasteiger partial charge in [-0.3, -0.25) is 4.79 Å². The van der Waals surface area contributed by atoms with Crippen molar-refractivity contribution < 1.29 is 27.1 Å². The highest BCUT2D eigenvalue weighted by Crippen LogP contribution is 2.31. The first kappa shape index (κ1) is 23.3. The van der Waals surface area contributed by atoms with Crippen LogP contribution in [-0.4, -0.2) is 36.1 Å². The fourth-order valence-electron chi connectivity index (χ4n) is 3.22. The largest absolute Gasteiger partial charge is 0.459 e. The Bertz CT molecular complexity index is 815. The number of rotatable bonds is 5. The fraction of sp³-hybridized carbons (Fsp3) is 0.450. The van der Waals surface area contributed by atoms with Gasteiger partial charge in [-0.15, -0.1) is 12.4 Å². The molecule has 3 rings (SSSR count). The third-order valence-electron chi connectivity index (χ3n) is 4.98. The molecule has 2 aromatic rings. The maximum Gasteiger partial charge on any atom is 0.416 e. The van der Waals surface area contributed by atoms with Crippen molar-refractivity contribution in [3.05, 3.63) is 47.7 Å². The van der Waals surface area contributed by atoms with E-state index in [1.807, 2.05) is 6.92 Å². The van der Waals surface area contributed by atoms with Gasteiger partial charge in [0, 0.05) is 25.3 Å². The molecular formula is C20H24ClF3N2O3. The van der Waals surface area contributed by atoms with Crippen LogP contribution in [0.1, 0.15) is 31.1 Å². The Morgan fingerprint density at radius 3 is 2.31 bits per heavy atom. The summed E-state index contributed by atoms with van der Waals surface area (Å²) >= 11 is 0. The molecule has 0 radical (unpaired) electrons. The lowest BCUT2D eigenvalue weighted by Gasteiger charge is -2.36. The number of alkyl halides is 3. The quantitative estimate of drug-likeness (QED) is 0.767. The van der Waals surface area contributed by atoms with Crippen LogP contribution < -0.4 is 5.73 Å². The molecule has 1 amide bonds. The van der Waals surface area contributed by atoms with E-state index in [1.165, 1.54) is 12.1 Å². The second kappa shape index (κ2) is 9.19. The SMILES string of the molecule is CCN(Cc1ccc(-c2ccc(C(F)(F)F)cc2)o1)C(=O)C1(N)CCOCC1.Cl. The minimum absolute atomic E-state index is 0. The number of carbonyl (C=O) groups is 1. The Balaban J connectivity index is 0.00000300. The first-order chi connectivity index (χ1) is 13.2. The highest BCUT2D eigenvalue weighted by atomic mass is 35.5. The van der Waals surface area contributed by atoms with Crippen molar-refractivity contribution in [1.82, 2.24) is 4.90 Å². The van der Waals surface area contributed by atoms with Gasteiger partial charge in [-0.1, -0.05) is 12.1 Å².